The Morgan fingerprint density at radius 1 is 0.500 bits per heavy atom. The van der Waals surface area contributed by atoms with Gasteiger partial charge in [0.25, 0.3) is 0 Å². The molecule has 0 aromatic heterocycles. The molecule has 0 amide bonds. The van der Waals surface area contributed by atoms with Gasteiger partial charge >= 0.3 is 88.7 Å². The Morgan fingerprint density at radius 2 is 0.500 bits per heavy atom. The monoisotopic (exact) mass is 170 g/mol. The van der Waals surface area contributed by atoms with Crippen LogP contribution in [-0.4, -0.2) is 88.7 Å². The quantitative estimate of drug-likeness (QED) is 0.369. The third-order valence-electron chi connectivity index (χ3n) is 0. The Kier molecular flexibility index (Phi) is 101. The summed E-state index contributed by atoms with van der Waals surface area (Å²) in [6, 6.07) is 0. The van der Waals surface area contributed by atoms with Crippen molar-refractivity contribution in [1.29, 1.82) is 0 Å². The van der Waals surface area contributed by atoms with Crippen LogP contribution in [-0.2, 0) is 21.1 Å². The van der Waals surface area contributed by atoms with E-state index in [4.69, 9.17) is 0 Å². The fourth-order valence-corrected chi connectivity index (χ4v) is 0. The van der Waals surface area contributed by atoms with Gasteiger partial charge in [-0.15, -0.1) is 0 Å². The van der Waals surface area contributed by atoms with Gasteiger partial charge in [-0.25, -0.2) is 0 Å². The van der Waals surface area contributed by atoms with E-state index in [1.165, 1.54) is 0 Å². The Labute approximate surface area is 107 Å². The molecule has 0 saturated carbocycles. The van der Waals surface area contributed by atoms with Crippen molar-refractivity contribution in [2.45, 2.75) is 0 Å². The molecule has 0 atom stereocenters. The second-order valence-electron chi connectivity index (χ2n) is 0. The molecule has 4 heteroatoms. The van der Waals surface area contributed by atoms with E-state index in [1.807, 2.05) is 0 Å². The maximum atomic E-state index is 0. The summed E-state index contributed by atoms with van der Waals surface area (Å²) in [5.41, 5.74) is 0. The van der Waals surface area contributed by atoms with Crippen molar-refractivity contribution in [3.05, 3.63) is 0 Å². The van der Waals surface area contributed by atoms with Crippen LogP contribution >= 0.6 is 0 Å². The summed E-state index contributed by atoms with van der Waals surface area (Å²) in [7, 11) is 0. The van der Waals surface area contributed by atoms with E-state index < -0.39 is 0 Å². The second kappa shape index (κ2) is 15.9. The summed E-state index contributed by atoms with van der Waals surface area (Å²) in [6.07, 6.45) is 0. The minimum atomic E-state index is 0. The molecule has 0 unspecified atom stereocenters. The predicted octanol–water partition coefficient (Wildman–Crippen LogP) is -1.95. The third kappa shape index (κ3) is 9.19. The number of rotatable bonds is 0. The Morgan fingerprint density at radius 3 is 0.500 bits per heavy atom. The van der Waals surface area contributed by atoms with Crippen molar-refractivity contribution in [2.75, 3.05) is 0 Å². The fourth-order valence-electron chi connectivity index (χ4n) is 0. The molecule has 0 aliphatic carbocycles. The molecular formula is H3MoNa3. The van der Waals surface area contributed by atoms with E-state index in [0.717, 1.165) is 0 Å². The predicted molar refractivity (Wildman–Crippen MR) is 21.4 cm³/mol. The topological polar surface area (TPSA) is 0 Å². The molecule has 0 fully saturated rings. The van der Waals surface area contributed by atoms with E-state index in [1.54, 1.807) is 0 Å². The average Bonchev–Trinajstić information content (AvgIpc) is 0. The van der Waals surface area contributed by atoms with Gasteiger partial charge in [0, 0.05) is 21.1 Å². The molecule has 0 radical (unpaired) electrons. The van der Waals surface area contributed by atoms with Gasteiger partial charge in [0.1, 0.15) is 0 Å². The van der Waals surface area contributed by atoms with Crippen LogP contribution in [0.25, 0.3) is 0 Å². The fraction of sp³-hybridized carbons (Fsp3) is 0. The summed E-state index contributed by atoms with van der Waals surface area (Å²) >= 11 is 0. The molecule has 0 heterocycles. The Hall–Kier alpha value is 3.69. The molecule has 0 nitrogen and oxygen atoms in total. The van der Waals surface area contributed by atoms with Gasteiger partial charge < -0.3 is 0 Å². The number of hydrogen-bond donors (Lipinski definition) is 0. The van der Waals surface area contributed by atoms with Gasteiger partial charge in [-0.2, -0.15) is 0 Å². The van der Waals surface area contributed by atoms with Gasteiger partial charge in [0.2, 0.25) is 0 Å². The first-order valence-electron chi connectivity index (χ1n) is 0. The SMILES string of the molecule is [Mo].[NaH].[NaH].[NaH]. The molecular weight excluding hydrogens is 165 g/mol. The van der Waals surface area contributed by atoms with Crippen LogP contribution in [0.5, 0.6) is 0 Å². The summed E-state index contributed by atoms with van der Waals surface area (Å²) < 4.78 is 0. The molecule has 0 aromatic rings. The molecule has 4 heavy (non-hydrogen) atoms. The number of hydrogen-bond acceptors (Lipinski definition) is 0. The van der Waals surface area contributed by atoms with Crippen LogP contribution < -0.4 is 0 Å². The molecule has 0 spiro atoms. The first kappa shape index (κ1) is 25.3. The van der Waals surface area contributed by atoms with Crippen LogP contribution in [0.4, 0.5) is 0 Å². The van der Waals surface area contributed by atoms with Gasteiger partial charge in [-0.1, -0.05) is 0 Å². The molecule has 0 N–H and O–H groups in total. The summed E-state index contributed by atoms with van der Waals surface area (Å²) in [4.78, 5) is 0. The van der Waals surface area contributed by atoms with Crippen molar-refractivity contribution in [1.82, 2.24) is 0 Å². The Bertz CT molecular complexity index is 3.25. The second-order valence-corrected chi connectivity index (χ2v) is 0. The van der Waals surface area contributed by atoms with Crippen molar-refractivity contribution in [3.8, 4) is 0 Å². The van der Waals surface area contributed by atoms with Crippen molar-refractivity contribution in [3.63, 3.8) is 0 Å². The van der Waals surface area contributed by atoms with Crippen LogP contribution in [0.15, 0.2) is 0 Å². The summed E-state index contributed by atoms with van der Waals surface area (Å²) in [5.74, 6) is 0. The maximum absolute atomic E-state index is 0. The summed E-state index contributed by atoms with van der Waals surface area (Å²) in [6.45, 7) is 0. The standard InChI is InChI=1S/Mo.3Na.3H. The first-order chi connectivity index (χ1) is 0. The van der Waals surface area contributed by atoms with Crippen LogP contribution in [0.1, 0.15) is 0 Å². The zero-order valence-electron chi connectivity index (χ0n) is 0.408. The van der Waals surface area contributed by atoms with E-state index in [2.05, 4.69) is 0 Å². The molecule has 0 saturated heterocycles. The van der Waals surface area contributed by atoms with Gasteiger partial charge in [-0.05, 0) is 0 Å². The van der Waals surface area contributed by atoms with Crippen molar-refractivity contribution in [2.24, 2.45) is 0 Å². The van der Waals surface area contributed by atoms with Gasteiger partial charge in [0.15, 0.2) is 0 Å². The van der Waals surface area contributed by atoms with E-state index in [9.17, 15) is 0 Å². The van der Waals surface area contributed by atoms with Crippen molar-refractivity contribution < 1.29 is 21.1 Å². The molecule has 12 valence electrons. The van der Waals surface area contributed by atoms with Gasteiger partial charge in [-0.3, -0.25) is 0 Å². The molecule has 0 aromatic carbocycles. The molecule has 0 aliphatic rings. The van der Waals surface area contributed by atoms with Gasteiger partial charge in [0.05, 0.1) is 0 Å². The minimum absolute atomic E-state index is 0. The first-order valence-corrected chi connectivity index (χ1v) is 0. The van der Waals surface area contributed by atoms with Crippen LogP contribution in [0.2, 0.25) is 0 Å². The van der Waals surface area contributed by atoms with Crippen molar-refractivity contribution >= 4 is 88.7 Å². The normalized spacial score (nSPS) is 0. The Balaban J connectivity index is 0. The molecule has 0 aliphatic heterocycles. The van der Waals surface area contributed by atoms with E-state index in [-0.39, 0.29) is 110 Å². The zero-order valence-corrected chi connectivity index (χ0v) is 2.42. The van der Waals surface area contributed by atoms with E-state index in [0.29, 0.717) is 0 Å². The van der Waals surface area contributed by atoms with Crippen LogP contribution in [0.3, 0.4) is 0 Å². The zero-order chi connectivity index (χ0) is 0. The third-order valence-corrected chi connectivity index (χ3v) is 0. The van der Waals surface area contributed by atoms with Crippen LogP contribution in [0, 0.1) is 0 Å². The molecule has 0 rings (SSSR count). The average molecular weight is 168 g/mol. The molecule has 0 bridgehead atoms. The summed E-state index contributed by atoms with van der Waals surface area (Å²) in [5, 5.41) is 0. The van der Waals surface area contributed by atoms with E-state index >= 15 is 0 Å².